The summed E-state index contributed by atoms with van der Waals surface area (Å²) in [5, 5.41) is 1.80. The largest absolute Gasteiger partial charge is 0.157 e. The van der Waals surface area contributed by atoms with Crippen LogP contribution in [0.3, 0.4) is 0 Å². The van der Waals surface area contributed by atoms with E-state index in [0.29, 0.717) is 0 Å². The van der Waals surface area contributed by atoms with Crippen molar-refractivity contribution in [3.63, 3.8) is 0 Å². The third-order valence-electron chi connectivity index (χ3n) is 1.23. The second-order valence-electron chi connectivity index (χ2n) is 2.29. The summed E-state index contributed by atoms with van der Waals surface area (Å²) in [6.45, 7) is 4.62. The molecule has 1 fully saturated rings. The first kappa shape index (κ1) is 6.81. The molecule has 0 aromatic rings. The van der Waals surface area contributed by atoms with Crippen molar-refractivity contribution in [2.24, 2.45) is 0 Å². The molecule has 0 aromatic heterocycles. The Bertz CT molecular complexity index is 54.9. The number of rotatable bonds is 0. The van der Waals surface area contributed by atoms with Crippen LogP contribution in [0.15, 0.2) is 0 Å². The molecule has 1 heterocycles. The molecule has 2 heteroatoms. The standard InChI is InChI=1S/C6H12S2/c1-5-3-8-6(2)4-7-5/h5-6H,3-4H2,1-2H3/t5-,6+. The molecule has 0 saturated carbocycles. The van der Waals surface area contributed by atoms with Crippen molar-refractivity contribution < 1.29 is 0 Å². The van der Waals surface area contributed by atoms with Gasteiger partial charge in [-0.1, -0.05) is 13.8 Å². The van der Waals surface area contributed by atoms with Gasteiger partial charge in [-0.25, -0.2) is 0 Å². The fraction of sp³-hybridized carbons (Fsp3) is 1.00. The van der Waals surface area contributed by atoms with Crippen molar-refractivity contribution >= 4 is 23.5 Å². The van der Waals surface area contributed by atoms with E-state index in [1.54, 1.807) is 0 Å². The van der Waals surface area contributed by atoms with Crippen LogP contribution in [0.4, 0.5) is 0 Å². The molecule has 1 rings (SSSR count). The lowest BCUT2D eigenvalue weighted by Gasteiger charge is -2.21. The SMILES string of the molecule is C[C@@H]1CS[C@@H](C)CS1. The molecule has 48 valence electrons. The maximum Gasteiger partial charge on any atom is 0.0110 e. The third kappa shape index (κ3) is 1.90. The first-order valence-corrected chi connectivity index (χ1v) is 5.12. The van der Waals surface area contributed by atoms with Crippen LogP contribution in [0.1, 0.15) is 13.8 Å². The molecule has 0 spiro atoms. The normalized spacial score (nSPS) is 39.8. The molecular formula is C6H12S2. The van der Waals surface area contributed by atoms with Gasteiger partial charge in [0, 0.05) is 22.0 Å². The second-order valence-corrected chi connectivity index (χ2v) is 5.23. The summed E-state index contributed by atoms with van der Waals surface area (Å²) in [5.74, 6) is 2.71. The zero-order chi connectivity index (χ0) is 5.98. The Morgan fingerprint density at radius 1 is 1.00 bits per heavy atom. The van der Waals surface area contributed by atoms with Gasteiger partial charge in [0.05, 0.1) is 0 Å². The zero-order valence-electron chi connectivity index (χ0n) is 5.39. The molecule has 1 aliphatic rings. The summed E-state index contributed by atoms with van der Waals surface area (Å²) >= 11 is 4.21. The van der Waals surface area contributed by atoms with Crippen molar-refractivity contribution in [1.82, 2.24) is 0 Å². The Labute approximate surface area is 59.8 Å². The highest BCUT2D eigenvalue weighted by Crippen LogP contribution is 2.28. The van der Waals surface area contributed by atoms with Gasteiger partial charge in [-0.05, 0) is 0 Å². The molecule has 0 unspecified atom stereocenters. The van der Waals surface area contributed by atoms with E-state index in [1.807, 2.05) is 0 Å². The highest BCUT2D eigenvalue weighted by Gasteiger charge is 2.13. The molecule has 1 saturated heterocycles. The monoisotopic (exact) mass is 148 g/mol. The minimum atomic E-state index is 0.899. The van der Waals surface area contributed by atoms with E-state index in [2.05, 4.69) is 37.4 Å². The Morgan fingerprint density at radius 2 is 1.38 bits per heavy atom. The van der Waals surface area contributed by atoms with E-state index in [-0.39, 0.29) is 0 Å². The van der Waals surface area contributed by atoms with E-state index in [9.17, 15) is 0 Å². The van der Waals surface area contributed by atoms with E-state index >= 15 is 0 Å². The Hall–Kier alpha value is 0.700. The molecule has 0 nitrogen and oxygen atoms in total. The number of hydrogen-bond acceptors (Lipinski definition) is 2. The highest BCUT2D eigenvalue weighted by molar-refractivity contribution is 8.07. The van der Waals surface area contributed by atoms with Crippen molar-refractivity contribution in [2.45, 2.75) is 24.3 Å². The van der Waals surface area contributed by atoms with Crippen LogP contribution in [-0.2, 0) is 0 Å². The van der Waals surface area contributed by atoms with Gasteiger partial charge in [-0.3, -0.25) is 0 Å². The van der Waals surface area contributed by atoms with Gasteiger partial charge >= 0.3 is 0 Å². The van der Waals surface area contributed by atoms with Gasteiger partial charge < -0.3 is 0 Å². The molecule has 1 aliphatic heterocycles. The second kappa shape index (κ2) is 3.02. The van der Waals surface area contributed by atoms with Crippen molar-refractivity contribution in [1.29, 1.82) is 0 Å². The van der Waals surface area contributed by atoms with Crippen LogP contribution < -0.4 is 0 Å². The lowest BCUT2D eigenvalue weighted by molar-refractivity contribution is 1.04. The van der Waals surface area contributed by atoms with E-state index in [1.165, 1.54) is 11.5 Å². The maximum absolute atomic E-state index is 2.31. The van der Waals surface area contributed by atoms with Crippen LogP contribution in [-0.4, -0.2) is 22.0 Å². The van der Waals surface area contributed by atoms with Gasteiger partial charge in [0.15, 0.2) is 0 Å². The van der Waals surface area contributed by atoms with Gasteiger partial charge in [0.25, 0.3) is 0 Å². The molecule has 0 aromatic carbocycles. The van der Waals surface area contributed by atoms with Gasteiger partial charge in [0.1, 0.15) is 0 Å². The summed E-state index contributed by atoms with van der Waals surface area (Å²) in [5.41, 5.74) is 0. The van der Waals surface area contributed by atoms with Crippen molar-refractivity contribution in [3.05, 3.63) is 0 Å². The van der Waals surface area contributed by atoms with Gasteiger partial charge in [-0.2, -0.15) is 23.5 Å². The maximum atomic E-state index is 2.31. The fourth-order valence-corrected chi connectivity index (χ4v) is 3.14. The average Bonchev–Trinajstić information content (AvgIpc) is 1.77. The van der Waals surface area contributed by atoms with Gasteiger partial charge in [0.2, 0.25) is 0 Å². The van der Waals surface area contributed by atoms with Crippen LogP contribution in [0.5, 0.6) is 0 Å². The fourth-order valence-electron chi connectivity index (χ4n) is 0.696. The highest BCUT2D eigenvalue weighted by atomic mass is 32.2. The lowest BCUT2D eigenvalue weighted by atomic mass is 10.5. The third-order valence-corrected chi connectivity index (χ3v) is 4.51. The Balaban J connectivity index is 2.19. The van der Waals surface area contributed by atoms with E-state index in [4.69, 9.17) is 0 Å². The summed E-state index contributed by atoms with van der Waals surface area (Å²) in [7, 11) is 0. The quantitative estimate of drug-likeness (QED) is 0.517. The molecule has 0 bridgehead atoms. The predicted molar refractivity (Wildman–Crippen MR) is 43.8 cm³/mol. The van der Waals surface area contributed by atoms with Gasteiger partial charge in [-0.15, -0.1) is 0 Å². The molecule has 0 N–H and O–H groups in total. The topological polar surface area (TPSA) is 0 Å². The van der Waals surface area contributed by atoms with Crippen LogP contribution in [0, 0.1) is 0 Å². The number of hydrogen-bond donors (Lipinski definition) is 0. The summed E-state index contributed by atoms with van der Waals surface area (Å²) in [4.78, 5) is 0. The van der Waals surface area contributed by atoms with E-state index in [0.717, 1.165) is 10.5 Å². The van der Waals surface area contributed by atoms with Crippen molar-refractivity contribution in [2.75, 3.05) is 11.5 Å². The predicted octanol–water partition coefficient (Wildman–Crippen LogP) is 2.24. The molecule has 0 radical (unpaired) electrons. The zero-order valence-corrected chi connectivity index (χ0v) is 7.02. The minimum absolute atomic E-state index is 0.899. The van der Waals surface area contributed by atoms with Crippen LogP contribution >= 0.6 is 23.5 Å². The smallest absolute Gasteiger partial charge is 0.0110 e. The van der Waals surface area contributed by atoms with Crippen LogP contribution in [0.25, 0.3) is 0 Å². The molecule has 2 atom stereocenters. The Morgan fingerprint density at radius 3 is 1.62 bits per heavy atom. The first-order chi connectivity index (χ1) is 3.79. The first-order valence-electron chi connectivity index (χ1n) is 3.02. The van der Waals surface area contributed by atoms with Crippen LogP contribution in [0.2, 0.25) is 0 Å². The molecule has 8 heavy (non-hydrogen) atoms. The minimum Gasteiger partial charge on any atom is -0.157 e. The number of thioether (sulfide) groups is 2. The lowest BCUT2D eigenvalue weighted by Crippen LogP contribution is -2.15. The molecule has 0 amide bonds. The molecule has 0 aliphatic carbocycles. The summed E-state index contributed by atoms with van der Waals surface area (Å²) in [6.07, 6.45) is 0. The summed E-state index contributed by atoms with van der Waals surface area (Å²) in [6, 6.07) is 0. The van der Waals surface area contributed by atoms with Crippen molar-refractivity contribution in [3.8, 4) is 0 Å². The van der Waals surface area contributed by atoms with E-state index < -0.39 is 0 Å². The summed E-state index contributed by atoms with van der Waals surface area (Å²) < 4.78 is 0. The molecular weight excluding hydrogens is 136 g/mol. The Kier molecular flexibility index (Phi) is 2.57. The average molecular weight is 148 g/mol.